The van der Waals surface area contributed by atoms with Gasteiger partial charge in [-0.15, -0.1) is 11.3 Å². The van der Waals surface area contributed by atoms with E-state index >= 15 is 0 Å². The summed E-state index contributed by atoms with van der Waals surface area (Å²) in [5, 5.41) is 14.8. The summed E-state index contributed by atoms with van der Waals surface area (Å²) < 4.78 is 5.35. The third-order valence-electron chi connectivity index (χ3n) is 2.57. The molecule has 0 saturated heterocycles. The van der Waals surface area contributed by atoms with Crippen LogP contribution in [0.1, 0.15) is 32.6 Å². The monoisotopic (exact) mass is 314 g/mol. The minimum absolute atomic E-state index is 0.273. The van der Waals surface area contributed by atoms with Crippen LogP contribution in [0.3, 0.4) is 0 Å². The van der Waals surface area contributed by atoms with E-state index in [2.05, 4.69) is 11.4 Å². The second-order valence-electron chi connectivity index (χ2n) is 6.03. The van der Waals surface area contributed by atoms with Crippen LogP contribution in [-0.2, 0) is 11.3 Å². The van der Waals surface area contributed by atoms with Crippen LogP contribution in [0.5, 0.6) is 0 Å². The van der Waals surface area contributed by atoms with Gasteiger partial charge < -0.3 is 20.1 Å². The van der Waals surface area contributed by atoms with Crippen molar-refractivity contribution in [2.45, 2.75) is 45.9 Å². The lowest BCUT2D eigenvalue weighted by Gasteiger charge is -2.28. The molecule has 1 atom stereocenters. The molecule has 0 aliphatic rings. The minimum atomic E-state index is -0.574. The molecule has 1 heterocycles. The van der Waals surface area contributed by atoms with Crippen molar-refractivity contribution in [1.82, 2.24) is 10.2 Å². The summed E-state index contributed by atoms with van der Waals surface area (Å²) in [6, 6.07) is 4.08. The highest BCUT2D eigenvalue weighted by Crippen LogP contribution is 2.10. The van der Waals surface area contributed by atoms with Crippen molar-refractivity contribution in [3.8, 4) is 0 Å². The van der Waals surface area contributed by atoms with Gasteiger partial charge in [0.25, 0.3) is 0 Å². The van der Waals surface area contributed by atoms with Crippen molar-refractivity contribution in [2.75, 3.05) is 19.6 Å². The Kier molecular flexibility index (Phi) is 7.14. The van der Waals surface area contributed by atoms with Crippen molar-refractivity contribution in [3.63, 3.8) is 0 Å². The Morgan fingerprint density at radius 1 is 1.52 bits per heavy atom. The largest absolute Gasteiger partial charge is 0.444 e. The number of carbonyl (C=O) groups excluding carboxylic acids is 1. The maximum atomic E-state index is 12.1. The predicted octanol–water partition coefficient (Wildman–Crippen LogP) is 2.46. The first-order valence-electron chi connectivity index (χ1n) is 7.17. The van der Waals surface area contributed by atoms with Crippen LogP contribution < -0.4 is 5.32 Å². The Bertz CT molecular complexity index is 413. The molecule has 0 saturated carbocycles. The van der Waals surface area contributed by atoms with Gasteiger partial charge in [0, 0.05) is 31.1 Å². The zero-order chi connectivity index (χ0) is 15.9. The summed E-state index contributed by atoms with van der Waals surface area (Å²) in [5.41, 5.74) is -0.529. The first kappa shape index (κ1) is 17.9. The average Bonchev–Trinajstić information content (AvgIpc) is 2.83. The van der Waals surface area contributed by atoms with Gasteiger partial charge in [0.15, 0.2) is 0 Å². The standard InChI is InChI=1S/C15H26N2O3S/c1-12(18)11-17(14(19)20-15(2,3)4)8-7-16-10-13-6-5-9-21-13/h5-6,9,12,16,18H,7-8,10-11H2,1-4H3. The zero-order valence-corrected chi connectivity index (χ0v) is 14.1. The Hall–Kier alpha value is -1.11. The van der Waals surface area contributed by atoms with E-state index in [1.54, 1.807) is 18.3 Å². The number of nitrogens with zero attached hydrogens (tertiary/aromatic N) is 1. The van der Waals surface area contributed by atoms with E-state index in [4.69, 9.17) is 4.74 Å². The van der Waals surface area contributed by atoms with Gasteiger partial charge in [-0.1, -0.05) is 6.07 Å². The number of carbonyl (C=O) groups is 1. The van der Waals surface area contributed by atoms with E-state index in [9.17, 15) is 9.90 Å². The zero-order valence-electron chi connectivity index (χ0n) is 13.3. The topological polar surface area (TPSA) is 61.8 Å². The quantitative estimate of drug-likeness (QED) is 0.759. The number of amides is 1. The van der Waals surface area contributed by atoms with Crippen molar-refractivity contribution >= 4 is 17.4 Å². The smallest absolute Gasteiger partial charge is 0.410 e. The maximum absolute atomic E-state index is 12.1. The van der Waals surface area contributed by atoms with Crippen LogP contribution in [0.25, 0.3) is 0 Å². The summed E-state index contributed by atoms with van der Waals surface area (Å²) in [5.74, 6) is 0. The Balaban J connectivity index is 2.40. The molecule has 6 heteroatoms. The maximum Gasteiger partial charge on any atom is 0.410 e. The molecule has 0 spiro atoms. The fraction of sp³-hybridized carbons (Fsp3) is 0.667. The van der Waals surface area contributed by atoms with E-state index < -0.39 is 11.7 Å². The summed E-state index contributed by atoms with van der Waals surface area (Å²) in [6.45, 7) is 9.39. The summed E-state index contributed by atoms with van der Waals surface area (Å²) >= 11 is 1.70. The molecule has 1 aromatic heterocycles. The van der Waals surface area contributed by atoms with Gasteiger partial charge in [0.2, 0.25) is 0 Å². The molecule has 1 unspecified atom stereocenters. The fourth-order valence-corrected chi connectivity index (χ4v) is 2.42. The number of thiophene rings is 1. The second kappa shape index (κ2) is 8.36. The molecular formula is C15H26N2O3S. The molecule has 0 aliphatic carbocycles. The number of aliphatic hydroxyl groups excluding tert-OH is 1. The number of nitrogens with one attached hydrogen (secondary N) is 1. The lowest BCUT2D eigenvalue weighted by molar-refractivity contribution is 0.0164. The number of rotatable bonds is 7. The molecule has 1 aromatic rings. The molecule has 5 nitrogen and oxygen atoms in total. The molecule has 120 valence electrons. The molecule has 0 radical (unpaired) electrons. The van der Waals surface area contributed by atoms with Crippen LogP contribution in [0.4, 0.5) is 4.79 Å². The van der Waals surface area contributed by atoms with Gasteiger partial charge in [-0.05, 0) is 39.1 Å². The summed E-state index contributed by atoms with van der Waals surface area (Å²) in [6.07, 6.45) is -0.962. The Labute approximate surface area is 130 Å². The van der Waals surface area contributed by atoms with Gasteiger partial charge in [0.1, 0.15) is 5.60 Å². The van der Waals surface area contributed by atoms with Gasteiger partial charge in [-0.3, -0.25) is 0 Å². The second-order valence-corrected chi connectivity index (χ2v) is 7.06. The molecule has 0 aromatic carbocycles. The highest BCUT2D eigenvalue weighted by atomic mass is 32.1. The van der Waals surface area contributed by atoms with Crippen molar-refractivity contribution in [2.24, 2.45) is 0 Å². The molecule has 1 amide bonds. The number of hydrogen-bond donors (Lipinski definition) is 2. The number of hydrogen-bond acceptors (Lipinski definition) is 5. The summed E-state index contributed by atoms with van der Waals surface area (Å²) in [4.78, 5) is 14.9. The Morgan fingerprint density at radius 2 is 2.24 bits per heavy atom. The Morgan fingerprint density at radius 3 is 2.76 bits per heavy atom. The molecule has 2 N–H and O–H groups in total. The van der Waals surface area contributed by atoms with E-state index in [-0.39, 0.29) is 12.6 Å². The highest BCUT2D eigenvalue weighted by Gasteiger charge is 2.22. The third kappa shape index (κ3) is 8.04. The van der Waals surface area contributed by atoms with Crippen LogP contribution in [0.15, 0.2) is 17.5 Å². The molecule has 0 fully saturated rings. The van der Waals surface area contributed by atoms with E-state index in [1.165, 1.54) is 9.78 Å². The van der Waals surface area contributed by atoms with E-state index in [1.807, 2.05) is 32.2 Å². The van der Waals surface area contributed by atoms with E-state index in [0.29, 0.717) is 13.1 Å². The van der Waals surface area contributed by atoms with Crippen LogP contribution in [-0.4, -0.2) is 47.4 Å². The minimum Gasteiger partial charge on any atom is -0.444 e. The highest BCUT2D eigenvalue weighted by molar-refractivity contribution is 7.09. The molecule has 0 aliphatic heterocycles. The molecular weight excluding hydrogens is 288 g/mol. The van der Waals surface area contributed by atoms with Crippen molar-refractivity contribution < 1.29 is 14.6 Å². The van der Waals surface area contributed by atoms with Gasteiger partial charge >= 0.3 is 6.09 Å². The molecule has 21 heavy (non-hydrogen) atoms. The number of aliphatic hydroxyl groups is 1. The average molecular weight is 314 g/mol. The predicted molar refractivity (Wildman–Crippen MR) is 85.5 cm³/mol. The van der Waals surface area contributed by atoms with Crippen LogP contribution in [0.2, 0.25) is 0 Å². The van der Waals surface area contributed by atoms with Gasteiger partial charge in [0.05, 0.1) is 6.10 Å². The normalized spacial score (nSPS) is 13.0. The van der Waals surface area contributed by atoms with Crippen LogP contribution in [0, 0.1) is 0 Å². The summed E-state index contributed by atoms with van der Waals surface area (Å²) in [7, 11) is 0. The fourth-order valence-electron chi connectivity index (χ4n) is 1.74. The van der Waals surface area contributed by atoms with Crippen molar-refractivity contribution in [1.29, 1.82) is 0 Å². The SMILES string of the molecule is CC(O)CN(CCNCc1cccs1)C(=O)OC(C)(C)C. The van der Waals surface area contributed by atoms with Crippen LogP contribution >= 0.6 is 11.3 Å². The van der Waals surface area contributed by atoms with E-state index in [0.717, 1.165) is 6.54 Å². The molecule has 0 bridgehead atoms. The van der Waals surface area contributed by atoms with Gasteiger partial charge in [-0.25, -0.2) is 4.79 Å². The lowest BCUT2D eigenvalue weighted by atomic mass is 10.2. The lowest BCUT2D eigenvalue weighted by Crippen LogP contribution is -2.43. The number of ether oxygens (including phenoxy) is 1. The molecule has 1 rings (SSSR count). The van der Waals surface area contributed by atoms with Gasteiger partial charge in [-0.2, -0.15) is 0 Å². The first-order chi connectivity index (χ1) is 9.78. The first-order valence-corrected chi connectivity index (χ1v) is 8.05. The van der Waals surface area contributed by atoms with Crippen molar-refractivity contribution in [3.05, 3.63) is 22.4 Å². The third-order valence-corrected chi connectivity index (χ3v) is 3.45.